The van der Waals surface area contributed by atoms with E-state index in [-0.39, 0.29) is 6.54 Å². The number of furan rings is 1. The van der Waals surface area contributed by atoms with Crippen molar-refractivity contribution in [1.82, 2.24) is 10.2 Å². The monoisotopic (exact) mass is 242 g/mol. The molecule has 0 saturated carbocycles. The molecule has 0 aliphatic carbocycles. The quantitative estimate of drug-likeness (QED) is 0.667. The van der Waals surface area contributed by atoms with E-state index in [4.69, 9.17) is 14.6 Å². The Labute approximate surface area is 97.6 Å². The van der Waals surface area contributed by atoms with Gasteiger partial charge in [-0.1, -0.05) is 0 Å². The number of hydrogen-bond acceptors (Lipinski definition) is 4. The van der Waals surface area contributed by atoms with Crippen LogP contribution in [0, 0.1) is 0 Å². The fourth-order valence-electron chi connectivity index (χ4n) is 1.15. The van der Waals surface area contributed by atoms with Crippen LogP contribution in [0.3, 0.4) is 0 Å². The average Bonchev–Trinajstić information content (AvgIpc) is 2.77. The van der Waals surface area contributed by atoms with Crippen LogP contribution in [0.1, 0.15) is 5.76 Å². The van der Waals surface area contributed by atoms with E-state index in [0.29, 0.717) is 5.76 Å². The van der Waals surface area contributed by atoms with Gasteiger partial charge >= 0.3 is 12.0 Å². The Morgan fingerprint density at radius 3 is 2.76 bits per heavy atom. The van der Waals surface area contributed by atoms with Crippen molar-refractivity contribution in [3.63, 3.8) is 0 Å². The highest BCUT2D eigenvalue weighted by molar-refractivity contribution is 5.82. The van der Waals surface area contributed by atoms with Gasteiger partial charge in [0, 0.05) is 7.05 Å². The van der Waals surface area contributed by atoms with Crippen LogP contribution in [0.5, 0.6) is 0 Å². The Kier molecular flexibility index (Phi) is 4.53. The standard InChI is InChI=1S/C10H14N2O5/c1-12(5-7-3-2-4-17-7)10(16)11-8(6-13)9(14)15/h2-4,8,13H,5-6H2,1H3,(H,11,16)(H,14,15). The number of aliphatic carboxylic acids is 1. The molecule has 7 heteroatoms. The molecule has 1 aromatic heterocycles. The number of carbonyl (C=O) groups is 2. The molecule has 0 aliphatic heterocycles. The molecule has 0 radical (unpaired) electrons. The number of nitrogens with zero attached hydrogens (tertiary/aromatic N) is 1. The van der Waals surface area contributed by atoms with Gasteiger partial charge in [-0.3, -0.25) is 0 Å². The zero-order chi connectivity index (χ0) is 12.8. The van der Waals surface area contributed by atoms with Gasteiger partial charge in [0.1, 0.15) is 5.76 Å². The summed E-state index contributed by atoms with van der Waals surface area (Å²) in [6.07, 6.45) is 1.48. The largest absolute Gasteiger partial charge is 0.480 e. The molecule has 0 spiro atoms. The molecule has 7 nitrogen and oxygen atoms in total. The van der Waals surface area contributed by atoms with Crippen LogP contribution < -0.4 is 5.32 Å². The van der Waals surface area contributed by atoms with Gasteiger partial charge in [0.15, 0.2) is 6.04 Å². The summed E-state index contributed by atoms with van der Waals surface area (Å²) in [5.41, 5.74) is 0. The third kappa shape index (κ3) is 3.80. The van der Waals surface area contributed by atoms with Gasteiger partial charge in [0.25, 0.3) is 0 Å². The first-order valence-corrected chi connectivity index (χ1v) is 4.92. The van der Waals surface area contributed by atoms with E-state index >= 15 is 0 Å². The molecule has 1 atom stereocenters. The van der Waals surface area contributed by atoms with E-state index < -0.39 is 24.6 Å². The number of carboxylic acid groups (broad SMARTS) is 1. The highest BCUT2D eigenvalue weighted by atomic mass is 16.4. The van der Waals surface area contributed by atoms with Crippen LogP contribution in [0.25, 0.3) is 0 Å². The Balaban J connectivity index is 2.49. The summed E-state index contributed by atoms with van der Waals surface area (Å²) in [4.78, 5) is 23.4. The number of amides is 2. The summed E-state index contributed by atoms with van der Waals surface area (Å²) in [5.74, 6) is -0.703. The van der Waals surface area contributed by atoms with E-state index in [1.807, 2.05) is 0 Å². The van der Waals surface area contributed by atoms with Crippen molar-refractivity contribution >= 4 is 12.0 Å². The number of aliphatic hydroxyl groups is 1. The van der Waals surface area contributed by atoms with Crippen molar-refractivity contribution in [3.05, 3.63) is 24.2 Å². The number of urea groups is 1. The van der Waals surface area contributed by atoms with E-state index in [1.54, 1.807) is 12.1 Å². The molecule has 3 N–H and O–H groups in total. The molecule has 1 aromatic rings. The van der Waals surface area contributed by atoms with Crippen LogP contribution in [-0.2, 0) is 11.3 Å². The molecular formula is C10H14N2O5. The molecule has 0 saturated heterocycles. The fourth-order valence-corrected chi connectivity index (χ4v) is 1.15. The van der Waals surface area contributed by atoms with Crippen molar-refractivity contribution in [2.24, 2.45) is 0 Å². The third-order valence-electron chi connectivity index (χ3n) is 2.10. The van der Waals surface area contributed by atoms with Gasteiger partial charge in [-0.15, -0.1) is 0 Å². The van der Waals surface area contributed by atoms with Crippen LogP contribution in [0.2, 0.25) is 0 Å². The van der Waals surface area contributed by atoms with Crippen molar-refractivity contribution in [2.45, 2.75) is 12.6 Å². The predicted octanol–water partition coefficient (Wildman–Crippen LogP) is -0.134. The Morgan fingerprint density at radius 1 is 1.59 bits per heavy atom. The van der Waals surface area contributed by atoms with Gasteiger partial charge in [-0.2, -0.15) is 0 Å². The first-order valence-electron chi connectivity index (χ1n) is 4.92. The van der Waals surface area contributed by atoms with Gasteiger partial charge in [-0.05, 0) is 12.1 Å². The lowest BCUT2D eigenvalue weighted by molar-refractivity contribution is -0.140. The molecule has 0 fully saturated rings. The molecule has 17 heavy (non-hydrogen) atoms. The summed E-state index contributed by atoms with van der Waals surface area (Å²) in [5, 5.41) is 19.6. The number of carboxylic acids is 1. The van der Waals surface area contributed by atoms with E-state index in [2.05, 4.69) is 5.32 Å². The average molecular weight is 242 g/mol. The van der Waals surface area contributed by atoms with Crippen molar-refractivity contribution < 1.29 is 24.2 Å². The second-order valence-electron chi connectivity index (χ2n) is 3.46. The van der Waals surface area contributed by atoms with Gasteiger partial charge in [-0.25, -0.2) is 9.59 Å². The number of hydrogen-bond donors (Lipinski definition) is 3. The highest BCUT2D eigenvalue weighted by Gasteiger charge is 2.20. The molecule has 1 heterocycles. The van der Waals surface area contributed by atoms with Crippen LogP contribution >= 0.6 is 0 Å². The summed E-state index contributed by atoms with van der Waals surface area (Å²) >= 11 is 0. The zero-order valence-corrected chi connectivity index (χ0v) is 9.29. The van der Waals surface area contributed by atoms with Gasteiger partial charge in [0.2, 0.25) is 0 Å². The lowest BCUT2D eigenvalue weighted by Crippen LogP contribution is -2.48. The zero-order valence-electron chi connectivity index (χ0n) is 9.29. The molecule has 94 valence electrons. The molecular weight excluding hydrogens is 228 g/mol. The number of nitrogens with one attached hydrogen (secondary N) is 1. The molecule has 2 amide bonds. The predicted molar refractivity (Wildman–Crippen MR) is 57.2 cm³/mol. The lowest BCUT2D eigenvalue weighted by Gasteiger charge is -2.19. The minimum absolute atomic E-state index is 0.219. The molecule has 1 unspecified atom stereocenters. The molecule has 0 aromatic carbocycles. The van der Waals surface area contributed by atoms with Gasteiger partial charge < -0.3 is 24.8 Å². The number of rotatable bonds is 5. The summed E-state index contributed by atoms with van der Waals surface area (Å²) in [6, 6.07) is 1.49. The third-order valence-corrected chi connectivity index (χ3v) is 2.10. The molecule has 0 bridgehead atoms. The van der Waals surface area contributed by atoms with Gasteiger partial charge in [0.05, 0.1) is 19.4 Å². The van der Waals surface area contributed by atoms with E-state index in [1.165, 1.54) is 18.2 Å². The molecule has 1 rings (SSSR count). The van der Waals surface area contributed by atoms with Crippen molar-refractivity contribution in [3.8, 4) is 0 Å². The normalized spacial score (nSPS) is 11.9. The minimum Gasteiger partial charge on any atom is -0.480 e. The first kappa shape index (κ1) is 13.0. The topological polar surface area (TPSA) is 103 Å². The summed E-state index contributed by atoms with van der Waals surface area (Å²) in [7, 11) is 1.49. The second-order valence-corrected chi connectivity index (χ2v) is 3.46. The summed E-state index contributed by atoms with van der Waals surface area (Å²) < 4.78 is 5.05. The number of carbonyl (C=O) groups excluding carboxylic acids is 1. The number of aliphatic hydroxyl groups excluding tert-OH is 1. The fraction of sp³-hybridized carbons (Fsp3) is 0.400. The highest BCUT2D eigenvalue weighted by Crippen LogP contribution is 2.03. The lowest BCUT2D eigenvalue weighted by atomic mass is 10.3. The summed E-state index contributed by atoms with van der Waals surface area (Å²) in [6.45, 7) is -0.438. The first-order chi connectivity index (χ1) is 8.04. The minimum atomic E-state index is -1.30. The van der Waals surface area contributed by atoms with E-state index in [0.717, 1.165) is 0 Å². The smallest absolute Gasteiger partial charge is 0.328 e. The Bertz CT molecular complexity index is 376. The van der Waals surface area contributed by atoms with Crippen LogP contribution in [0.4, 0.5) is 4.79 Å². The maximum atomic E-state index is 11.5. The maximum Gasteiger partial charge on any atom is 0.328 e. The second kappa shape index (κ2) is 5.90. The van der Waals surface area contributed by atoms with Crippen LogP contribution in [0.15, 0.2) is 22.8 Å². The van der Waals surface area contributed by atoms with Crippen molar-refractivity contribution in [1.29, 1.82) is 0 Å². The SMILES string of the molecule is CN(Cc1ccco1)C(=O)NC(CO)C(=O)O. The van der Waals surface area contributed by atoms with Crippen molar-refractivity contribution in [2.75, 3.05) is 13.7 Å². The van der Waals surface area contributed by atoms with E-state index in [9.17, 15) is 9.59 Å². The maximum absolute atomic E-state index is 11.5. The Hall–Kier alpha value is -2.02. The molecule has 0 aliphatic rings. The van der Waals surface area contributed by atoms with Crippen LogP contribution in [-0.4, -0.2) is 46.8 Å². The Morgan fingerprint density at radius 2 is 2.29 bits per heavy atom.